The second kappa shape index (κ2) is 4.94. The van der Waals surface area contributed by atoms with E-state index in [0.717, 1.165) is 18.4 Å². The van der Waals surface area contributed by atoms with Gasteiger partial charge in [-0.3, -0.25) is 9.13 Å². The van der Waals surface area contributed by atoms with E-state index in [1.165, 1.54) is 11.8 Å². The van der Waals surface area contributed by atoms with Crippen molar-refractivity contribution in [3.8, 4) is 6.07 Å². The van der Waals surface area contributed by atoms with Gasteiger partial charge in [0.15, 0.2) is 10.8 Å². The molecule has 1 aliphatic carbocycles. The van der Waals surface area contributed by atoms with Crippen molar-refractivity contribution in [3.05, 3.63) is 16.7 Å². The Morgan fingerprint density at radius 1 is 1.55 bits per heavy atom. The number of aromatic nitrogens is 4. The van der Waals surface area contributed by atoms with Crippen molar-refractivity contribution in [3.63, 3.8) is 0 Å². The third kappa shape index (κ3) is 1.83. The number of imidazole rings is 1. The molecule has 2 heterocycles. The lowest BCUT2D eigenvalue weighted by Gasteiger charge is -2.31. The van der Waals surface area contributed by atoms with Gasteiger partial charge in [-0.1, -0.05) is 11.8 Å². The van der Waals surface area contributed by atoms with Gasteiger partial charge in [0.25, 0.3) is 0 Å². The minimum atomic E-state index is -0.0450. The van der Waals surface area contributed by atoms with Gasteiger partial charge in [0.1, 0.15) is 5.52 Å². The average molecular weight is 289 g/mol. The Morgan fingerprint density at radius 3 is 2.90 bits per heavy atom. The molecule has 3 rings (SSSR count). The van der Waals surface area contributed by atoms with Crippen molar-refractivity contribution in [1.29, 1.82) is 5.26 Å². The molecule has 0 N–H and O–H groups in total. The SMILES string of the molecule is CCn1c(=O)n([C@H]2C[C@H](C#N)C2)c2nc(SC)ncc21. The summed E-state index contributed by atoms with van der Waals surface area (Å²) in [6.07, 6.45) is 5.10. The summed E-state index contributed by atoms with van der Waals surface area (Å²) in [7, 11) is 0. The predicted octanol–water partition coefficient (Wildman–Crippen LogP) is 1.81. The van der Waals surface area contributed by atoms with Crippen LogP contribution >= 0.6 is 11.8 Å². The molecule has 20 heavy (non-hydrogen) atoms. The van der Waals surface area contributed by atoms with Crippen molar-refractivity contribution < 1.29 is 0 Å². The van der Waals surface area contributed by atoms with E-state index in [-0.39, 0.29) is 17.6 Å². The fraction of sp³-hybridized carbons (Fsp3) is 0.538. The monoisotopic (exact) mass is 289 g/mol. The van der Waals surface area contributed by atoms with Crippen molar-refractivity contribution in [2.45, 2.75) is 37.5 Å². The summed E-state index contributed by atoms with van der Waals surface area (Å²) < 4.78 is 3.44. The molecule has 0 saturated heterocycles. The molecular weight excluding hydrogens is 274 g/mol. The Labute approximate surface area is 120 Å². The minimum absolute atomic E-state index is 0.0450. The normalized spacial score (nSPS) is 21.6. The largest absolute Gasteiger partial charge is 0.330 e. The maximum absolute atomic E-state index is 12.5. The van der Waals surface area contributed by atoms with Crippen molar-refractivity contribution in [2.75, 3.05) is 6.26 Å². The van der Waals surface area contributed by atoms with Crippen LogP contribution in [0.15, 0.2) is 16.1 Å². The second-order valence-corrected chi connectivity index (χ2v) is 5.69. The molecule has 7 heteroatoms. The van der Waals surface area contributed by atoms with Crippen LogP contribution in [-0.4, -0.2) is 25.4 Å². The molecule has 2 aromatic heterocycles. The maximum atomic E-state index is 12.5. The number of rotatable bonds is 3. The summed E-state index contributed by atoms with van der Waals surface area (Å²) in [6, 6.07) is 2.34. The quantitative estimate of drug-likeness (QED) is 0.636. The lowest BCUT2D eigenvalue weighted by Crippen LogP contribution is -2.34. The molecule has 0 spiro atoms. The third-order valence-electron chi connectivity index (χ3n) is 3.84. The number of aryl methyl sites for hydroxylation is 1. The summed E-state index contributed by atoms with van der Waals surface area (Å²) in [5.74, 6) is 0.0637. The van der Waals surface area contributed by atoms with Crippen LogP contribution in [0, 0.1) is 17.2 Å². The standard InChI is InChI=1S/C13H15N5OS/c1-3-17-10-7-15-12(20-2)16-11(10)18(13(17)19)9-4-8(5-9)6-14/h7-9H,3-5H2,1-2H3/t8-,9-. The van der Waals surface area contributed by atoms with Crippen LogP contribution in [0.25, 0.3) is 11.2 Å². The lowest BCUT2D eigenvalue weighted by atomic mass is 9.81. The minimum Gasteiger partial charge on any atom is -0.289 e. The molecule has 0 aromatic carbocycles. The first kappa shape index (κ1) is 13.2. The number of hydrogen-bond acceptors (Lipinski definition) is 5. The molecule has 1 saturated carbocycles. The number of thioether (sulfide) groups is 1. The molecule has 0 bridgehead atoms. The highest BCUT2D eigenvalue weighted by Gasteiger charge is 2.33. The average Bonchev–Trinajstić information content (AvgIpc) is 2.69. The summed E-state index contributed by atoms with van der Waals surface area (Å²) in [4.78, 5) is 21.3. The summed E-state index contributed by atoms with van der Waals surface area (Å²) in [5, 5.41) is 9.56. The van der Waals surface area contributed by atoms with Crippen LogP contribution in [0.2, 0.25) is 0 Å². The Bertz CT molecular complexity index is 750. The van der Waals surface area contributed by atoms with E-state index in [1.807, 2.05) is 13.2 Å². The van der Waals surface area contributed by atoms with E-state index in [4.69, 9.17) is 5.26 Å². The molecule has 1 fully saturated rings. The van der Waals surface area contributed by atoms with E-state index in [1.54, 1.807) is 15.3 Å². The summed E-state index contributed by atoms with van der Waals surface area (Å²) in [5.41, 5.74) is 1.42. The molecule has 0 aliphatic heterocycles. The number of nitriles is 1. The number of fused-ring (bicyclic) bond motifs is 1. The van der Waals surface area contributed by atoms with E-state index in [2.05, 4.69) is 16.0 Å². The fourth-order valence-corrected chi connectivity index (χ4v) is 3.02. The molecule has 6 nitrogen and oxygen atoms in total. The van der Waals surface area contributed by atoms with Gasteiger partial charge in [0, 0.05) is 12.6 Å². The number of nitrogens with zero attached hydrogens (tertiary/aromatic N) is 5. The summed E-state index contributed by atoms with van der Waals surface area (Å²) in [6.45, 7) is 2.53. The van der Waals surface area contributed by atoms with Gasteiger partial charge >= 0.3 is 5.69 Å². The number of hydrogen-bond donors (Lipinski definition) is 0. The van der Waals surface area contributed by atoms with Crippen molar-refractivity contribution in [1.82, 2.24) is 19.1 Å². The van der Waals surface area contributed by atoms with E-state index >= 15 is 0 Å². The van der Waals surface area contributed by atoms with Crippen LogP contribution in [0.1, 0.15) is 25.8 Å². The Morgan fingerprint density at radius 2 is 2.30 bits per heavy atom. The zero-order valence-corrected chi connectivity index (χ0v) is 12.2. The zero-order valence-electron chi connectivity index (χ0n) is 11.4. The molecule has 104 valence electrons. The van der Waals surface area contributed by atoms with Crippen molar-refractivity contribution >= 4 is 22.9 Å². The molecule has 0 amide bonds. The third-order valence-corrected chi connectivity index (χ3v) is 4.41. The first-order valence-corrected chi connectivity index (χ1v) is 7.83. The van der Waals surface area contributed by atoms with Gasteiger partial charge in [0.2, 0.25) is 0 Å². The van der Waals surface area contributed by atoms with E-state index in [0.29, 0.717) is 17.3 Å². The highest BCUT2D eigenvalue weighted by atomic mass is 32.2. The predicted molar refractivity (Wildman–Crippen MR) is 76.6 cm³/mol. The van der Waals surface area contributed by atoms with E-state index in [9.17, 15) is 4.79 Å². The van der Waals surface area contributed by atoms with Crippen LogP contribution < -0.4 is 5.69 Å². The lowest BCUT2D eigenvalue weighted by molar-refractivity contribution is 0.246. The molecular formula is C13H15N5OS. The Hall–Kier alpha value is -1.81. The molecule has 1 aliphatic rings. The topological polar surface area (TPSA) is 76.5 Å². The van der Waals surface area contributed by atoms with Crippen LogP contribution in [0.3, 0.4) is 0 Å². The molecule has 0 unspecified atom stereocenters. The van der Waals surface area contributed by atoms with Gasteiger partial charge in [-0.05, 0) is 26.0 Å². The second-order valence-electron chi connectivity index (χ2n) is 4.91. The van der Waals surface area contributed by atoms with Crippen LogP contribution in [0.5, 0.6) is 0 Å². The van der Waals surface area contributed by atoms with E-state index < -0.39 is 0 Å². The molecule has 0 atom stereocenters. The van der Waals surface area contributed by atoms with Crippen molar-refractivity contribution in [2.24, 2.45) is 5.92 Å². The first-order chi connectivity index (χ1) is 9.69. The molecule has 2 aromatic rings. The summed E-state index contributed by atoms with van der Waals surface area (Å²) >= 11 is 1.46. The highest BCUT2D eigenvalue weighted by molar-refractivity contribution is 7.98. The maximum Gasteiger partial charge on any atom is 0.330 e. The zero-order chi connectivity index (χ0) is 14.3. The van der Waals surface area contributed by atoms with Gasteiger partial charge in [0.05, 0.1) is 18.2 Å². The smallest absolute Gasteiger partial charge is 0.289 e. The van der Waals surface area contributed by atoms with Gasteiger partial charge < -0.3 is 0 Å². The van der Waals surface area contributed by atoms with Gasteiger partial charge in [-0.25, -0.2) is 14.8 Å². The van der Waals surface area contributed by atoms with Gasteiger partial charge in [-0.2, -0.15) is 5.26 Å². The van der Waals surface area contributed by atoms with Crippen LogP contribution in [0.4, 0.5) is 0 Å². The Balaban J connectivity index is 2.17. The van der Waals surface area contributed by atoms with Crippen LogP contribution in [-0.2, 0) is 6.54 Å². The highest BCUT2D eigenvalue weighted by Crippen LogP contribution is 2.37. The van der Waals surface area contributed by atoms with Gasteiger partial charge in [-0.15, -0.1) is 0 Å². The first-order valence-electron chi connectivity index (χ1n) is 6.61. The molecule has 0 radical (unpaired) electrons. The Kier molecular flexibility index (Phi) is 3.26. The fourth-order valence-electron chi connectivity index (χ4n) is 2.68.